The number of rotatable bonds is 17. The molecule has 0 unspecified atom stereocenters. The van der Waals surface area contributed by atoms with Crippen molar-refractivity contribution in [2.45, 2.75) is 77.6 Å². The summed E-state index contributed by atoms with van der Waals surface area (Å²) >= 11 is 0. The van der Waals surface area contributed by atoms with Gasteiger partial charge in [-0.15, -0.1) is 0 Å². The average Bonchev–Trinajstić information content (AvgIpc) is 2.48. The smallest absolute Gasteiger partial charge is 0.0685 e. The third kappa shape index (κ3) is 16.0. The van der Waals surface area contributed by atoms with Gasteiger partial charge in [-0.25, -0.2) is 0 Å². The normalized spacial score (nSPS) is 11.4. The quantitative estimate of drug-likeness (QED) is 0.319. The van der Waals surface area contributed by atoms with Crippen molar-refractivity contribution in [2.75, 3.05) is 32.9 Å². The lowest BCUT2D eigenvalue weighted by Gasteiger charge is -2.19. The molecule has 4 nitrogen and oxygen atoms in total. The van der Waals surface area contributed by atoms with E-state index in [9.17, 15) is 0 Å². The topological polar surface area (TPSA) is 52.9 Å². The Hall–Kier alpha value is -0.160. The van der Waals surface area contributed by atoms with Crippen LogP contribution in [0.1, 0.15) is 77.6 Å². The van der Waals surface area contributed by atoms with Crippen molar-refractivity contribution in [1.29, 1.82) is 0 Å². The van der Waals surface area contributed by atoms with E-state index in [1.54, 1.807) is 5.06 Å². The molecule has 0 aliphatic carbocycles. The third-order valence-electron chi connectivity index (χ3n) is 3.72. The van der Waals surface area contributed by atoms with Crippen molar-refractivity contribution >= 4 is 0 Å². The van der Waals surface area contributed by atoms with E-state index in [2.05, 4.69) is 6.92 Å². The van der Waals surface area contributed by atoms with Crippen LogP contribution in [0.2, 0.25) is 0 Å². The second-order valence-electron chi connectivity index (χ2n) is 5.74. The van der Waals surface area contributed by atoms with Gasteiger partial charge in [0.05, 0.1) is 19.8 Å². The molecule has 0 saturated carbocycles. The minimum Gasteiger partial charge on any atom is -0.395 e. The van der Waals surface area contributed by atoms with E-state index in [1.807, 2.05) is 0 Å². The molecule has 128 valence electrons. The summed E-state index contributed by atoms with van der Waals surface area (Å²) in [7, 11) is 0. The molecule has 0 aliphatic rings. The van der Waals surface area contributed by atoms with Crippen molar-refractivity contribution in [3.05, 3.63) is 0 Å². The number of hydrogen-bond acceptors (Lipinski definition) is 4. The Morgan fingerprint density at radius 1 is 0.667 bits per heavy atom. The Morgan fingerprint density at radius 3 is 1.52 bits per heavy atom. The van der Waals surface area contributed by atoms with Crippen LogP contribution in [0.5, 0.6) is 0 Å². The number of aliphatic hydroxyl groups is 2. The zero-order valence-electron chi connectivity index (χ0n) is 14.1. The Kier molecular flexibility index (Phi) is 17.8. The van der Waals surface area contributed by atoms with Gasteiger partial charge in [-0.1, -0.05) is 71.1 Å². The Bertz CT molecular complexity index is 185. The minimum absolute atomic E-state index is 0.0677. The van der Waals surface area contributed by atoms with Gasteiger partial charge in [-0.3, -0.25) is 4.84 Å². The number of hydroxylamine groups is 2. The summed E-state index contributed by atoms with van der Waals surface area (Å²) in [6.45, 7) is 4.03. The molecule has 2 N–H and O–H groups in total. The highest BCUT2D eigenvalue weighted by atomic mass is 16.7. The van der Waals surface area contributed by atoms with E-state index >= 15 is 0 Å². The Balaban J connectivity index is 3.17. The van der Waals surface area contributed by atoms with Gasteiger partial charge < -0.3 is 10.2 Å². The molecule has 0 rings (SSSR count). The predicted molar refractivity (Wildman–Crippen MR) is 88.2 cm³/mol. The van der Waals surface area contributed by atoms with Crippen molar-refractivity contribution in [3.63, 3.8) is 0 Å². The van der Waals surface area contributed by atoms with Crippen LogP contribution < -0.4 is 0 Å². The molecule has 0 spiro atoms. The highest BCUT2D eigenvalue weighted by Gasteiger charge is 2.03. The van der Waals surface area contributed by atoms with E-state index in [0.717, 1.165) is 6.42 Å². The van der Waals surface area contributed by atoms with Gasteiger partial charge in [-0.05, 0) is 6.42 Å². The molecule has 0 fully saturated rings. The first-order valence-electron chi connectivity index (χ1n) is 8.94. The van der Waals surface area contributed by atoms with Crippen molar-refractivity contribution in [1.82, 2.24) is 5.06 Å². The van der Waals surface area contributed by atoms with E-state index < -0.39 is 0 Å². The molecule has 0 aliphatic heterocycles. The average molecular weight is 303 g/mol. The van der Waals surface area contributed by atoms with E-state index in [4.69, 9.17) is 15.1 Å². The van der Waals surface area contributed by atoms with Crippen molar-refractivity contribution in [3.8, 4) is 0 Å². The number of unbranched alkanes of at least 4 members (excludes halogenated alkanes) is 10. The van der Waals surface area contributed by atoms with Crippen LogP contribution in [0.4, 0.5) is 0 Å². The lowest BCUT2D eigenvalue weighted by molar-refractivity contribution is -0.169. The molecule has 0 aromatic heterocycles. The summed E-state index contributed by atoms with van der Waals surface area (Å²) in [4.78, 5) is 5.52. The molecule has 0 bridgehead atoms. The van der Waals surface area contributed by atoms with Crippen molar-refractivity contribution in [2.24, 2.45) is 0 Å². The monoisotopic (exact) mass is 303 g/mol. The Labute approximate surface area is 131 Å². The highest BCUT2D eigenvalue weighted by Crippen LogP contribution is 2.11. The lowest BCUT2D eigenvalue weighted by Crippen LogP contribution is -2.30. The van der Waals surface area contributed by atoms with Gasteiger partial charge in [0, 0.05) is 13.1 Å². The molecule has 0 heterocycles. The lowest BCUT2D eigenvalue weighted by atomic mass is 10.1. The van der Waals surface area contributed by atoms with Gasteiger partial charge in [0.25, 0.3) is 0 Å². The molecule has 0 aromatic rings. The summed E-state index contributed by atoms with van der Waals surface area (Å²) in [5.41, 5.74) is 0. The molecular weight excluding hydrogens is 266 g/mol. The van der Waals surface area contributed by atoms with Gasteiger partial charge in [0.1, 0.15) is 0 Å². The number of aliphatic hydroxyl groups excluding tert-OH is 2. The van der Waals surface area contributed by atoms with Crippen LogP contribution in [0.3, 0.4) is 0 Å². The van der Waals surface area contributed by atoms with E-state index in [0.29, 0.717) is 19.7 Å². The fourth-order valence-electron chi connectivity index (χ4n) is 2.42. The maximum absolute atomic E-state index is 8.85. The maximum atomic E-state index is 8.85. The summed E-state index contributed by atoms with van der Waals surface area (Å²) in [6, 6.07) is 0. The standard InChI is InChI=1S/C17H37NO3/c1-2-3-4-5-6-7-8-9-10-11-12-17-21-18(13-15-19)14-16-20/h19-20H,2-17H2,1H3. The van der Waals surface area contributed by atoms with Crippen LogP contribution in [0.15, 0.2) is 0 Å². The predicted octanol–water partition coefficient (Wildman–Crippen LogP) is 3.52. The highest BCUT2D eigenvalue weighted by molar-refractivity contribution is 4.48. The third-order valence-corrected chi connectivity index (χ3v) is 3.72. The van der Waals surface area contributed by atoms with Gasteiger partial charge >= 0.3 is 0 Å². The molecule has 21 heavy (non-hydrogen) atoms. The van der Waals surface area contributed by atoms with Gasteiger partial charge in [0.2, 0.25) is 0 Å². The largest absolute Gasteiger partial charge is 0.395 e. The maximum Gasteiger partial charge on any atom is 0.0685 e. The second kappa shape index (κ2) is 17.9. The summed E-state index contributed by atoms with van der Waals surface area (Å²) in [5, 5.41) is 19.4. The summed E-state index contributed by atoms with van der Waals surface area (Å²) < 4.78 is 0. The fraction of sp³-hybridized carbons (Fsp3) is 1.00. The van der Waals surface area contributed by atoms with Crippen LogP contribution >= 0.6 is 0 Å². The van der Waals surface area contributed by atoms with Crippen LogP contribution in [0.25, 0.3) is 0 Å². The van der Waals surface area contributed by atoms with E-state index in [-0.39, 0.29) is 13.2 Å². The van der Waals surface area contributed by atoms with Crippen LogP contribution in [-0.4, -0.2) is 48.2 Å². The van der Waals surface area contributed by atoms with Gasteiger partial charge in [-0.2, -0.15) is 5.06 Å². The second-order valence-corrected chi connectivity index (χ2v) is 5.74. The minimum atomic E-state index is 0.0677. The first-order chi connectivity index (χ1) is 10.3. The number of hydrogen-bond donors (Lipinski definition) is 2. The summed E-state index contributed by atoms with van der Waals surface area (Å²) in [6.07, 6.45) is 14.6. The van der Waals surface area contributed by atoms with Crippen LogP contribution in [0, 0.1) is 0 Å². The molecule has 4 heteroatoms. The summed E-state index contributed by atoms with van der Waals surface area (Å²) in [5.74, 6) is 0. The molecule has 0 radical (unpaired) electrons. The SMILES string of the molecule is CCCCCCCCCCCCCON(CCO)CCO. The molecule has 0 amide bonds. The zero-order valence-corrected chi connectivity index (χ0v) is 14.1. The number of nitrogens with zero attached hydrogens (tertiary/aromatic N) is 1. The Morgan fingerprint density at radius 2 is 1.10 bits per heavy atom. The first-order valence-corrected chi connectivity index (χ1v) is 8.94. The zero-order chi connectivity index (χ0) is 15.6. The van der Waals surface area contributed by atoms with E-state index in [1.165, 1.54) is 64.2 Å². The molecule has 0 atom stereocenters. The fourth-order valence-corrected chi connectivity index (χ4v) is 2.42. The van der Waals surface area contributed by atoms with Crippen molar-refractivity contribution < 1.29 is 15.1 Å². The first kappa shape index (κ1) is 20.8. The van der Waals surface area contributed by atoms with Crippen LogP contribution in [-0.2, 0) is 4.84 Å². The molecule has 0 aromatic carbocycles. The molecule has 0 saturated heterocycles. The van der Waals surface area contributed by atoms with Gasteiger partial charge in [0.15, 0.2) is 0 Å². The molecular formula is C17H37NO3.